The maximum atomic E-state index is 13.8. The number of anilines is 1. The van der Waals surface area contributed by atoms with Gasteiger partial charge in [0.25, 0.3) is 0 Å². The first-order chi connectivity index (χ1) is 11.1. The van der Waals surface area contributed by atoms with E-state index in [0.29, 0.717) is 5.82 Å². The first-order valence-electron chi connectivity index (χ1n) is 8.42. The Balaban J connectivity index is 1.79. The molecule has 1 aliphatic heterocycles. The van der Waals surface area contributed by atoms with Crippen molar-refractivity contribution in [1.29, 1.82) is 0 Å². The highest BCUT2D eigenvalue weighted by atomic mass is 19.1. The summed E-state index contributed by atoms with van der Waals surface area (Å²) in [5, 5.41) is 6.77. The average molecular weight is 321 g/mol. The van der Waals surface area contributed by atoms with Crippen molar-refractivity contribution in [2.24, 2.45) is 10.9 Å². The van der Waals surface area contributed by atoms with Crippen molar-refractivity contribution in [1.82, 2.24) is 15.6 Å². The first kappa shape index (κ1) is 17.5. The Labute approximate surface area is 138 Å². The van der Waals surface area contributed by atoms with Crippen LogP contribution in [0, 0.1) is 11.7 Å². The van der Waals surface area contributed by atoms with Gasteiger partial charge in [0.1, 0.15) is 0 Å². The van der Waals surface area contributed by atoms with Gasteiger partial charge in [-0.25, -0.2) is 9.37 Å². The van der Waals surface area contributed by atoms with E-state index in [0.717, 1.165) is 44.4 Å². The topological polar surface area (TPSA) is 52.6 Å². The van der Waals surface area contributed by atoms with Crippen LogP contribution in [0.3, 0.4) is 0 Å². The van der Waals surface area contributed by atoms with Crippen LogP contribution < -0.4 is 15.5 Å². The molecular weight excluding hydrogens is 293 g/mol. The lowest BCUT2D eigenvalue weighted by atomic mass is 10.1. The molecule has 5 nitrogen and oxygen atoms in total. The molecule has 1 saturated heterocycles. The van der Waals surface area contributed by atoms with E-state index < -0.39 is 0 Å². The van der Waals surface area contributed by atoms with E-state index in [1.54, 1.807) is 19.3 Å². The molecule has 1 fully saturated rings. The second-order valence-electron chi connectivity index (χ2n) is 6.42. The van der Waals surface area contributed by atoms with E-state index in [9.17, 15) is 4.39 Å². The fourth-order valence-corrected chi connectivity index (χ4v) is 2.79. The summed E-state index contributed by atoms with van der Waals surface area (Å²) in [5.74, 6) is 1.73. The molecule has 1 aromatic rings. The van der Waals surface area contributed by atoms with Gasteiger partial charge in [0, 0.05) is 38.9 Å². The smallest absolute Gasteiger partial charge is 0.191 e. The highest BCUT2D eigenvalue weighted by Gasteiger charge is 2.25. The van der Waals surface area contributed by atoms with Crippen molar-refractivity contribution in [2.45, 2.75) is 39.2 Å². The molecule has 0 amide bonds. The highest BCUT2D eigenvalue weighted by molar-refractivity contribution is 5.80. The van der Waals surface area contributed by atoms with E-state index in [1.165, 1.54) is 12.5 Å². The van der Waals surface area contributed by atoms with Crippen molar-refractivity contribution in [3.05, 3.63) is 24.1 Å². The fourth-order valence-electron chi connectivity index (χ4n) is 2.79. The zero-order valence-electron chi connectivity index (χ0n) is 14.3. The number of nitrogens with one attached hydrogen (secondary N) is 2. The van der Waals surface area contributed by atoms with Crippen LogP contribution in [0.25, 0.3) is 0 Å². The van der Waals surface area contributed by atoms with Gasteiger partial charge in [0.15, 0.2) is 17.6 Å². The molecule has 0 aliphatic carbocycles. The molecule has 2 rings (SSSR count). The molecule has 1 aliphatic rings. The first-order valence-corrected chi connectivity index (χ1v) is 8.42. The Morgan fingerprint density at radius 3 is 3.04 bits per heavy atom. The zero-order chi connectivity index (χ0) is 16.7. The summed E-state index contributed by atoms with van der Waals surface area (Å²) >= 11 is 0. The SMILES string of the molecule is CN=C(NCCCC(C)C)NC1CCN(c2ncccc2F)C1. The minimum absolute atomic E-state index is 0.257. The van der Waals surface area contributed by atoms with Crippen LogP contribution in [0.15, 0.2) is 23.3 Å². The number of rotatable bonds is 6. The van der Waals surface area contributed by atoms with Gasteiger partial charge < -0.3 is 15.5 Å². The minimum Gasteiger partial charge on any atom is -0.356 e. The number of nitrogens with zero attached hydrogens (tertiary/aromatic N) is 3. The van der Waals surface area contributed by atoms with Crippen molar-refractivity contribution in [3.8, 4) is 0 Å². The Bertz CT molecular complexity index is 517. The third kappa shape index (κ3) is 5.37. The maximum absolute atomic E-state index is 13.8. The predicted octanol–water partition coefficient (Wildman–Crippen LogP) is 2.40. The normalized spacial score (nSPS) is 18.6. The van der Waals surface area contributed by atoms with Crippen LogP contribution in [0.4, 0.5) is 10.2 Å². The quantitative estimate of drug-likeness (QED) is 0.480. The highest BCUT2D eigenvalue weighted by Crippen LogP contribution is 2.20. The minimum atomic E-state index is -0.260. The monoisotopic (exact) mass is 321 g/mol. The van der Waals surface area contributed by atoms with Crippen molar-refractivity contribution in [3.63, 3.8) is 0 Å². The Kier molecular flexibility index (Phi) is 6.62. The third-order valence-electron chi connectivity index (χ3n) is 4.04. The molecule has 0 spiro atoms. The van der Waals surface area contributed by atoms with Crippen LogP contribution in [0.5, 0.6) is 0 Å². The number of hydrogen-bond acceptors (Lipinski definition) is 3. The van der Waals surface area contributed by atoms with Crippen LogP contribution in [0.1, 0.15) is 33.1 Å². The molecule has 2 N–H and O–H groups in total. The van der Waals surface area contributed by atoms with Gasteiger partial charge in [0.05, 0.1) is 0 Å². The van der Waals surface area contributed by atoms with Crippen LogP contribution in [-0.4, -0.2) is 43.7 Å². The Hall–Kier alpha value is -1.85. The summed E-state index contributed by atoms with van der Waals surface area (Å²) in [6, 6.07) is 3.33. The number of hydrogen-bond donors (Lipinski definition) is 2. The average Bonchev–Trinajstić information content (AvgIpc) is 2.98. The molecule has 0 bridgehead atoms. The second kappa shape index (κ2) is 8.70. The molecule has 0 aromatic carbocycles. The lowest BCUT2D eigenvalue weighted by molar-refractivity contribution is 0.546. The molecule has 128 valence electrons. The van der Waals surface area contributed by atoms with Crippen LogP contribution in [0.2, 0.25) is 0 Å². The van der Waals surface area contributed by atoms with Gasteiger partial charge >= 0.3 is 0 Å². The van der Waals surface area contributed by atoms with Gasteiger partial charge in [-0.15, -0.1) is 0 Å². The molecule has 23 heavy (non-hydrogen) atoms. The van der Waals surface area contributed by atoms with Crippen molar-refractivity contribution < 1.29 is 4.39 Å². The Morgan fingerprint density at radius 2 is 2.35 bits per heavy atom. The summed E-state index contributed by atoms with van der Waals surface area (Å²) in [4.78, 5) is 10.4. The standard InChI is InChI=1S/C17H28FN5/c1-13(2)6-4-10-21-17(19-3)22-14-8-11-23(12-14)16-15(18)7-5-9-20-16/h5,7,9,13-14H,4,6,8,10-12H2,1-3H3,(H2,19,21,22). The van der Waals surface area contributed by atoms with Crippen molar-refractivity contribution in [2.75, 3.05) is 31.6 Å². The molecule has 0 radical (unpaired) electrons. The van der Waals surface area contributed by atoms with E-state index in [4.69, 9.17) is 0 Å². The van der Waals surface area contributed by atoms with Gasteiger partial charge in [-0.2, -0.15) is 0 Å². The number of pyridine rings is 1. The van der Waals surface area contributed by atoms with Crippen LogP contribution >= 0.6 is 0 Å². The van der Waals surface area contributed by atoms with Gasteiger partial charge in [-0.3, -0.25) is 4.99 Å². The van der Waals surface area contributed by atoms with E-state index in [-0.39, 0.29) is 11.9 Å². The lowest BCUT2D eigenvalue weighted by Gasteiger charge is -2.20. The predicted molar refractivity (Wildman–Crippen MR) is 93.4 cm³/mol. The molecule has 1 unspecified atom stereocenters. The van der Waals surface area contributed by atoms with Crippen LogP contribution in [-0.2, 0) is 0 Å². The lowest BCUT2D eigenvalue weighted by Crippen LogP contribution is -2.45. The van der Waals surface area contributed by atoms with Gasteiger partial charge in [0.2, 0.25) is 0 Å². The fraction of sp³-hybridized carbons (Fsp3) is 0.647. The van der Waals surface area contributed by atoms with Gasteiger partial charge in [-0.1, -0.05) is 13.8 Å². The largest absolute Gasteiger partial charge is 0.356 e. The van der Waals surface area contributed by atoms with E-state index in [2.05, 4.69) is 34.5 Å². The van der Waals surface area contributed by atoms with E-state index >= 15 is 0 Å². The molecule has 0 saturated carbocycles. The molecular formula is C17H28FN5. The molecule has 1 atom stereocenters. The summed E-state index contributed by atoms with van der Waals surface area (Å²) in [6.45, 7) is 6.92. The summed E-state index contributed by atoms with van der Waals surface area (Å²) in [7, 11) is 1.78. The Morgan fingerprint density at radius 1 is 1.52 bits per heavy atom. The van der Waals surface area contributed by atoms with E-state index in [1.807, 2.05) is 4.90 Å². The summed E-state index contributed by atoms with van der Waals surface area (Å²) in [5.41, 5.74) is 0. The number of aliphatic imine (C=N–C) groups is 1. The zero-order valence-corrected chi connectivity index (χ0v) is 14.3. The maximum Gasteiger partial charge on any atom is 0.191 e. The molecule has 6 heteroatoms. The van der Waals surface area contributed by atoms with Gasteiger partial charge in [-0.05, 0) is 37.3 Å². The second-order valence-corrected chi connectivity index (χ2v) is 6.42. The number of guanidine groups is 1. The summed E-state index contributed by atoms with van der Waals surface area (Å²) in [6.07, 6.45) is 4.92. The number of aromatic nitrogens is 1. The number of halogens is 1. The molecule has 2 heterocycles. The summed E-state index contributed by atoms with van der Waals surface area (Å²) < 4.78 is 13.8. The molecule has 1 aromatic heterocycles. The van der Waals surface area contributed by atoms with Crippen molar-refractivity contribution >= 4 is 11.8 Å². The third-order valence-corrected chi connectivity index (χ3v) is 4.04.